The number of carbonyl (C=O) groups is 1. The number of amides is 1. The molecular formula is C20H24Cl2N2O4S. The van der Waals surface area contributed by atoms with Crippen molar-refractivity contribution in [1.29, 1.82) is 0 Å². The SMILES string of the molecule is CC[C@H](C(=O)N[C@H](C)c1ccccc1OC)N(c1ccc(Cl)c(Cl)c1)S(C)(=O)=O. The number of nitrogens with zero attached hydrogens (tertiary/aromatic N) is 1. The molecule has 0 fully saturated rings. The fourth-order valence-corrected chi connectivity index (χ4v) is 4.59. The van der Waals surface area contributed by atoms with Gasteiger partial charge in [0.05, 0.1) is 35.1 Å². The Bertz CT molecular complexity index is 982. The zero-order valence-corrected chi connectivity index (χ0v) is 19.0. The van der Waals surface area contributed by atoms with Crippen molar-refractivity contribution in [2.24, 2.45) is 0 Å². The van der Waals surface area contributed by atoms with Crippen LogP contribution < -0.4 is 14.4 Å². The van der Waals surface area contributed by atoms with Crippen molar-refractivity contribution < 1.29 is 17.9 Å². The summed E-state index contributed by atoms with van der Waals surface area (Å²) in [5, 5.41) is 3.39. The van der Waals surface area contributed by atoms with E-state index in [2.05, 4.69) is 5.32 Å². The van der Waals surface area contributed by atoms with Gasteiger partial charge in [0.2, 0.25) is 15.9 Å². The summed E-state index contributed by atoms with van der Waals surface area (Å²) in [4.78, 5) is 13.1. The molecule has 0 radical (unpaired) electrons. The maximum absolute atomic E-state index is 13.1. The van der Waals surface area contributed by atoms with Crippen LogP contribution in [0.3, 0.4) is 0 Å². The van der Waals surface area contributed by atoms with E-state index in [4.69, 9.17) is 27.9 Å². The normalized spacial score (nSPS) is 13.4. The molecule has 0 aromatic heterocycles. The zero-order chi connectivity index (χ0) is 21.8. The lowest BCUT2D eigenvalue weighted by molar-refractivity contribution is -0.122. The highest BCUT2D eigenvalue weighted by molar-refractivity contribution is 7.92. The first kappa shape index (κ1) is 23.3. The Hall–Kier alpha value is -1.96. The third-order valence-electron chi connectivity index (χ3n) is 4.45. The van der Waals surface area contributed by atoms with Crippen LogP contribution in [0.4, 0.5) is 5.69 Å². The fourth-order valence-electron chi connectivity index (χ4n) is 3.09. The molecule has 2 rings (SSSR count). The number of sulfonamides is 1. The maximum Gasteiger partial charge on any atom is 0.244 e. The average Bonchev–Trinajstić information content (AvgIpc) is 2.67. The molecule has 0 spiro atoms. The third-order valence-corrected chi connectivity index (χ3v) is 6.37. The predicted molar refractivity (Wildman–Crippen MR) is 117 cm³/mol. The summed E-state index contributed by atoms with van der Waals surface area (Å²) in [5.41, 5.74) is 1.06. The fraction of sp³-hybridized carbons (Fsp3) is 0.350. The Morgan fingerprint density at radius 3 is 2.38 bits per heavy atom. The Morgan fingerprint density at radius 1 is 1.17 bits per heavy atom. The van der Waals surface area contributed by atoms with Gasteiger partial charge in [-0.05, 0) is 37.6 Å². The predicted octanol–water partition coefficient (Wildman–Crippen LogP) is 4.42. The molecule has 0 unspecified atom stereocenters. The number of methoxy groups -OCH3 is 1. The summed E-state index contributed by atoms with van der Waals surface area (Å²) < 4.78 is 31.5. The van der Waals surface area contributed by atoms with Crippen molar-refractivity contribution in [2.45, 2.75) is 32.4 Å². The van der Waals surface area contributed by atoms with Gasteiger partial charge in [-0.15, -0.1) is 0 Å². The quantitative estimate of drug-likeness (QED) is 0.634. The molecular weight excluding hydrogens is 435 g/mol. The molecule has 0 aliphatic rings. The molecule has 2 atom stereocenters. The van der Waals surface area contributed by atoms with Crippen molar-refractivity contribution in [3.05, 3.63) is 58.1 Å². The summed E-state index contributed by atoms with van der Waals surface area (Å²) in [5.74, 6) is 0.209. The largest absolute Gasteiger partial charge is 0.496 e. The van der Waals surface area contributed by atoms with Crippen LogP contribution in [-0.4, -0.2) is 33.7 Å². The van der Waals surface area contributed by atoms with E-state index >= 15 is 0 Å². The minimum absolute atomic E-state index is 0.204. The first-order valence-electron chi connectivity index (χ1n) is 8.97. The van der Waals surface area contributed by atoms with Gasteiger partial charge in [-0.1, -0.05) is 48.3 Å². The van der Waals surface area contributed by atoms with Crippen molar-refractivity contribution in [3.63, 3.8) is 0 Å². The molecule has 29 heavy (non-hydrogen) atoms. The van der Waals surface area contributed by atoms with Crippen LogP contribution >= 0.6 is 23.2 Å². The first-order valence-corrected chi connectivity index (χ1v) is 11.6. The Balaban J connectivity index is 2.36. The highest BCUT2D eigenvalue weighted by Gasteiger charge is 2.32. The van der Waals surface area contributed by atoms with Crippen LogP contribution in [-0.2, 0) is 14.8 Å². The number of hydrogen-bond acceptors (Lipinski definition) is 4. The summed E-state index contributed by atoms with van der Waals surface area (Å²) in [6, 6.07) is 10.4. The minimum atomic E-state index is -3.77. The van der Waals surface area contributed by atoms with Gasteiger partial charge in [0.1, 0.15) is 11.8 Å². The second kappa shape index (κ2) is 9.69. The Labute approximate surface area is 181 Å². The van der Waals surface area contributed by atoms with Gasteiger partial charge >= 0.3 is 0 Å². The molecule has 158 valence electrons. The third kappa shape index (κ3) is 5.56. The molecule has 2 aromatic rings. The number of ether oxygens (including phenoxy) is 1. The summed E-state index contributed by atoms with van der Waals surface area (Å²) >= 11 is 12.0. The van der Waals surface area contributed by atoms with E-state index in [1.807, 2.05) is 25.1 Å². The highest BCUT2D eigenvalue weighted by atomic mass is 35.5. The molecule has 0 aliphatic carbocycles. The van der Waals surface area contributed by atoms with Gasteiger partial charge in [0.15, 0.2) is 0 Å². The molecule has 0 saturated carbocycles. The van der Waals surface area contributed by atoms with Crippen LogP contribution in [0.2, 0.25) is 10.0 Å². The number of carbonyl (C=O) groups excluding carboxylic acids is 1. The number of hydrogen-bond donors (Lipinski definition) is 1. The molecule has 0 aliphatic heterocycles. The topological polar surface area (TPSA) is 75.7 Å². The van der Waals surface area contributed by atoms with Gasteiger partial charge in [-0.25, -0.2) is 8.42 Å². The van der Waals surface area contributed by atoms with Gasteiger partial charge in [0.25, 0.3) is 0 Å². The average molecular weight is 459 g/mol. The molecule has 9 heteroatoms. The van der Waals surface area contributed by atoms with Crippen LogP contribution in [0.1, 0.15) is 31.9 Å². The summed E-state index contributed by atoms with van der Waals surface area (Å²) in [6.45, 7) is 3.56. The molecule has 0 bridgehead atoms. The molecule has 0 saturated heterocycles. The maximum atomic E-state index is 13.1. The van der Waals surface area contributed by atoms with Crippen molar-refractivity contribution in [3.8, 4) is 5.75 Å². The second-order valence-corrected chi connectivity index (χ2v) is 9.23. The van der Waals surface area contributed by atoms with Crippen molar-refractivity contribution in [2.75, 3.05) is 17.7 Å². The molecule has 6 nitrogen and oxygen atoms in total. The number of benzene rings is 2. The van der Waals surface area contributed by atoms with E-state index in [9.17, 15) is 13.2 Å². The van der Waals surface area contributed by atoms with E-state index in [1.54, 1.807) is 20.1 Å². The summed E-state index contributed by atoms with van der Waals surface area (Å²) in [7, 11) is -2.22. The van der Waals surface area contributed by atoms with Gasteiger partial charge < -0.3 is 10.1 Å². The van der Waals surface area contributed by atoms with Gasteiger partial charge in [-0.3, -0.25) is 9.10 Å². The second-order valence-electron chi connectivity index (χ2n) is 6.55. The monoisotopic (exact) mass is 458 g/mol. The van der Waals surface area contributed by atoms with E-state index in [1.165, 1.54) is 18.2 Å². The first-order chi connectivity index (χ1) is 13.6. The van der Waals surface area contributed by atoms with Crippen molar-refractivity contribution in [1.82, 2.24) is 5.32 Å². The lowest BCUT2D eigenvalue weighted by Gasteiger charge is -2.31. The number of para-hydroxylation sites is 1. The van der Waals surface area contributed by atoms with Gasteiger partial charge in [-0.2, -0.15) is 0 Å². The molecule has 1 N–H and O–H groups in total. The van der Waals surface area contributed by atoms with Crippen LogP contribution in [0.25, 0.3) is 0 Å². The molecule has 0 heterocycles. The lowest BCUT2D eigenvalue weighted by atomic mass is 10.1. The number of anilines is 1. The molecule has 1 amide bonds. The highest BCUT2D eigenvalue weighted by Crippen LogP contribution is 2.31. The van der Waals surface area contributed by atoms with E-state index in [-0.39, 0.29) is 23.2 Å². The Morgan fingerprint density at radius 2 is 1.83 bits per heavy atom. The van der Waals surface area contributed by atoms with Crippen LogP contribution in [0.15, 0.2) is 42.5 Å². The standard InChI is InChI=1S/C20H24Cl2N2O4S/c1-5-18(20(25)23-13(2)15-8-6-7-9-19(15)28-3)24(29(4,26)27)14-10-11-16(21)17(22)12-14/h6-13,18H,5H2,1-4H3,(H,23,25)/t13-,18-/m1/s1. The van der Waals surface area contributed by atoms with Crippen molar-refractivity contribution >= 4 is 44.8 Å². The van der Waals surface area contributed by atoms with E-state index in [0.29, 0.717) is 10.8 Å². The van der Waals surface area contributed by atoms with Crippen LogP contribution in [0.5, 0.6) is 5.75 Å². The lowest BCUT2D eigenvalue weighted by Crippen LogP contribution is -2.49. The smallest absolute Gasteiger partial charge is 0.244 e. The minimum Gasteiger partial charge on any atom is -0.496 e. The number of nitrogens with one attached hydrogen (secondary N) is 1. The number of rotatable bonds is 8. The van der Waals surface area contributed by atoms with Crippen LogP contribution in [0, 0.1) is 0 Å². The Kier molecular flexibility index (Phi) is 7.80. The van der Waals surface area contributed by atoms with E-state index < -0.39 is 22.0 Å². The summed E-state index contributed by atoms with van der Waals surface area (Å²) in [6.07, 6.45) is 1.31. The molecule has 2 aromatic carbocycles. The van der Waals surface area contributed by atoms with Gasteiger partial charge in [0, 0.05) is 5.56 Å². The zero-order valence-electron chi connectivity index (χ0n) is 16.6. The number of halogens is 2. The van der Waals surface area contributed by atoms with E-state index in [0.717, 1.165) is 16.1 Å².